The van der Waals surface area contributed by atoms with Crippen molar-refractivity contribution in [1.82, 2.24) is 20.5 Å². The van der Waals surface area contributed by atoms with Crippen molar-refractivity contribution < 1.29 is 4.79 Å². The summed E-state index contributed by atoms with van der Waals surface area (Å²) >= 11 is 3.41. The molecule has 2 N–H and O–H groups in total. The second-order valence-corrected chi connectivity index (χ2v) is 6.41. The summed E-state index contributed by atoms with van der Waals surface area (Å²) in [6.07, 6.45) is 4.97. The maximum Gasteiger partial charge on any atom is 0.255 e. The standard InChI is InChI=1S/C14H17BrN4O/c1-14(2,3)12-10(7-18-19-12)13(20)17-6-9-4-5-16-8-11(9)15/h4-5,7-8H,6H2,1-3H3,(H,17,20)(H,18,19). The van der Waals surface area contributed by atoms with Crippen molar-refractivity contribution in [2.75, 3.05) is 0 Å². The van der Waals surface area contributed by atoms with E-state index < -0.39 is 0 Å². The van der Waals surface area contributed by atoms with Gasteiger partial charge in [0.2, 0.25) is 0 Å². The van der Waals surface area contributed by atoms with E-state index in [1.54, 1.807) is 18.6 Å². The predicted octanol–water partition coefficient (Wildman–Crippen LogP) is 2.79. The number of rotatable bonds is 3. The molecule has 5 nitrogen and oxygen atoms in total. The lowest BCUT2D eigenvalue weighted by molar-refractivity contribution is 0.0948. The molecule has 6 heteroatoms. The molecule has 0 aliphatic carbocycles. The zero-order chi connectivity index (χ0) is 14.8. The molecule has 2 rings (SSSR count). The predicted molar refractivity (Wildman–Crippen MR) is 80.4 cm³/mol. The summed E-state index contributed by atoms with van der Waals surface area (Å²) in [4.78, 5) is 16.2. The molecular weight excluding hydrogens is 320 g/mol. The number of pyridine rings is 1. The van der Waals surface area contributed by atoms with Crippen LogP contribution in [0.15, 0.2) is 29.1 Å². The highest BCUT2D eigenvalue weighted by atomic mass is 79.9. The quantitative estimate of drug-likeness (QED) is 0.905. The van der Waals surface area contributed by atoms with Gasteiger partial charge in [0.1, 0.15) is 0 Å². The van der Waals surface area contributed by atoms with E-state index in [0.717, 1.165) is 15.7 Å². The van der Waals surface area contributed by atoms with Crippen molar-refractivity contribution >= 4 is 21.8 Å². The van der Waals surface area contributed by atoms with Gasteiger partial charge in [-0.3, -0.25) is 14.9 Å². The first-order valence-corrected chi connectivity index (χ1v) is 7.09. The van der Waals surface area contributed by atoms with Crippen molar-refractivity contribution in [3.63, 3.8) is 0 Å². The van der Waals surface area contributed by atoms with Gasteiger partial charge in [0.15, 0.2) is 0 Å². The lowest BCUT2D eigenvalue weighted by Crippen LogP contribution is -2.26. The van der Waals surface area contributed by atoms with E-state index in [9.17, 15) is 4.79 Å². The summed E-state index contributed by atoms with van der Waals surface area (Å²) < 4.78 is 0.878. The van der Waals surface area contributed by atoms with Crippen LogP contribution in [0.25, 0.3) is 0 Å². The molecule has 0 saturated heterocycles. The Morgan fingerprint density at radius 2 is 2.15 bits per heavy atom. The molecule has 0 aliphatic rings. The molecule has 0 spiro atoms. The lowest BCUT2D eigenvalue weighted by atomic mass is 9.89. The fraction of sp³-hybridized carbons (Fsp3) is 0.357. The van der Waals surface area contributed by atoms with Gasteiger partial charge >= 0.3 is 0 Å². The van der Waals surface area contributed by atoms with Gasteiger partial charge in [0.05, 0.1) is 17.5 Å². The van der Waals surface area contributed by atoms with Crippen LogP contribution in [0.4, 0.5) is 0 Å². The molecule has 1 amide bonds. The Labute approximate surface area is 126 Å². The number of H-pyrrole nitrogens is 1. The van der Waals surface area contributed by atoms with Crippen molar-refractivity contribution in [2.24, 2.45) is 0 Å². The summed E-state index contributed by atoms with van der Waals surface area (Å²) in [5.41, 5.74) is 2.25. The van der Waals surface area contributed by atoms with Gasteiger partial charge < -0.3 is 5.32 Å². The molecular formula is C14H17BrN4O. The Morgan fingerprint density at radius 1 is 1.40 bits per heavy atom. The molecule has 106 valence electrons. The second kappa shape index (κ2) is 5.75. The summed E-state index contributed by atoms with van der Waals surface area (Å²) in [5, 5.41) is 9.78. The summed E-state index contributed by atoms with van der Waals surface area (Å²) in [7, 11) is 0. The number of amides is 1. The first-order chi connectivity index (χ1) is 9.39. The van der Waals surface area contributed by atoms with Gasteiger partial charge in [-0.05, 0) is 27.6 Å². The fourth-order valence-electron chi connectivity index (χ4n) is 1.85. The highest BCUT2D eigenvalue weighted by Gasteiger charge is 2.23. The summed E-state index contributed by atoms with van der Waals surface area (Å²) in [6, 6.07) is 1.87. The van der Waals surface area contributed by atoms with Crippen LogP contribution in [-0.4, -0.2) is 21.1 Å². The first-order valence-electron chi connectivity index (χ1n) is 6.30. The average Bonchev–Trinajstić information content (AvgIpc) is 2.86. The minimum atomic E-state index is -0.152. The lowest BCUT2D eigenvalue weighted by Gasteiger charge is -2.18. The third-order valence-electron chi connectivity index (χ3n) is 2.93. The van der Waals surface area contributed by atoms with E-state index in [-0.39, 0.29) is 11.3 Å². The topological polar surface area (TPSA) is 70.7 Å². The Balaban J connectivity index is 2.10. The minimum absolute atomic E-state index is 0.132. The van der Waals surface area contributed by atoms with Gasteiger partial charge in [-0.15, -0.1) is 0 Å². The number of nitrogens with zero attached hydrogens (tertiary/aromatic N) is 2. The van der Waals surface area contributed by atoms with E-state index >= 15 is 0 Å². The number of aromatic amines is 1. The van der Waals surface area contributed by atoms with Gasteiger partial charge in [-0.1, -0.05) is 20.8 Å². The summed E-state index contributed by atoms with van der Waals surface area (Å²) in [6.45, 7) is 6.56. The monoisotopic (exact) mass is 336 g/mol. The molecule has 0 fully saturated rings. The largest absolute Gasteiger partial charge is 0.348 e. The van der Waals surface area contributed by atoms with Crippen LogP contribution in [-0.2, 0) is 12.0 Å². The third-order valence-corrected chi connectivity index (χ3v) is 3.64. The van der Waals surface area contributed by atoms with Crippen LogP contribution in [0.3, 0.4) is 0 Å². The molecule has 0 atom stereocenters. The molecule has 20 heavy (non-hydrogen) atoms. The Kier molecular flexibility index (Phi) is 4.23. The van der Waals surface area contributed by atoms with Crippen molar-refractivity contribution in [3.05, 3.63) is 46.0 Å². The fourth-order valence-corrected chi connectivity index (χ4v) is 2.24. The van der Waals surface area contributed by atoms with Crippen LogP contribution >= 0.6 is 15.9 Å². The second-order valence-electron chi connectivity index (χ2n) is 5.56. The molecule has 2 heterocycles. The van der Waals surface area contributed by atoms with Crippen LogP contribution in [0.1, 0.15) is 42.4 Å². The van der Waals surface area contributed by atoms with Gasteiger partial charge in [0.25, 0.3) is 5.91 Å². The van der Waals surface area contributed by atoms with Gasteiger partial charge in [-0.25, -0.2) is 0 Å². The number of hydrogen-bond donors (Lipinski definition) is 2. The van der Waals surface area contributed by atoms with E-state index in [0.29, 0.717) is 12.1 Å². The third kappa shape index (κ3) is 3.25. The first kappa shape index (κ1) is 14.7. The van der Waals surface area contributed by atoms with Crippen LogP contribution in [0, 0.1) is 0 Å². The number of halogens is 1. The number of carbonyl (C=O) groups is 1. The average molecular weight is 337 g/mol. The van der Waals surface area contributed by atoms with E-state index in [4.69, 9.17) is 0 Å². The molecule has 0 unspecified atom stereocenters. The molecule has 0 radical (unpaired) electrons. The van der Waals surface area contributed by atoms with Crippen molar-refractivity contribution in [3.8, 4) is 0 Å². The zero-order valence-corrected chi connectivity index (χ0v) is 13.3. The molecule has 2 aromatic heterocycles. The van der Waals surface area contributed by atoms with E-state index in [1.807, 2.05) is 26.8 Å². The van der Waals surface area contributed by atoms with E-state index in [2.05, 4.69) is 36.4 Å². The maximum absolute atomic E-state index is 12.3. The molecule has 0 saturated carbocycles. The SMILES string of the molecule is CC(C)(C)c1[nH]ncc1C(=O)NCc1ccncc1Br. The number of aromatic nitrogens is 3. The summed E-state index contributed by atoms with van der Waals surface area (Å²) in [5.74, 6) is -0.132. The highest BCUT2D eigenvalue weighted by molar-refractivity contribution is 9.10. The van der Waals surface area contributed by atoms with Gasteiger partial charge in [-0.2, -0.15) is 5.10 Å². The molecule has 2 aromatic rings. The Bertz CT molecular complexity index is 616. The maximum atomic E-state index is 12.3. The number of nitrogens with one attached hydrogen (secondary N) is 2. The molecule has 0 bridgehead atoms. The normalized spacial score (nSPS) is 11.4. The zero-order valence-electron chi connectivity index (χ0n) is 11.7. The van der Waals surface area contributed by atoms with Crippen LogP contribution in [0.2, 0.25) is 0 Å². The van der Waals surface area contributed by atoms with E-state index in [1.165, 1.54) is 0 Å². The number of hydrogen-bond acceptors (Lipinski definition) is 3. The van der Waals surface area contributed by atoms with Crippen molar-refractivity contribution in [1.29, 1.82) is 0 Å². The molecule has 0 aromatic carbocycles. The van der Waals surface area contributed by atoms with Crippen molar-refractivity contribution in [2.45, 2.75) is 32.7 Å². The Morgan fingerprint density at radius 3 is 2.80 bits per heavy atom. The highest BCUT2D eigenvalue weighted by Crippen LogP contribution is 2.23. The smallest absolute Gasteiger partial charge is 0.255 e. The van der Waals surface area contributed by atoms with Gasteiger partial charge in [0, 0.05) is 28.8 Å². The molecule has 0 aliphatic heterocycles. The Hall–Kier alpha value is -1.69. The van der Waals surface area contributed by atoms with Crippen LogP contribution < -0.4 is 5.32 Å². The van der Waals surface area contributed by atoms with Crippen LogP contribution in [0.5, 0.6) is 0 Å². The minimum Gasteiger partial charge on any atom is -0.348 e. The number of carbonyl (C=O) groups excluding carboxylic acids is 1.